The molecule has 2 saturated heterocycles. The maximum Gasteiger partial charge on any atom is 0.240 e. The molecule has 0 aliphatic carbocycles. The Morgan fingerprint density at radius 1 is 1.20 bits per heavy atom. The highest BCUT2D eigenvalue weighted by atomic mass is 35.5. The fourth-order valence-corrected chi connectivity index (χ4v) is 7.03. The van der Waals surface area contributed by atoms with Crippen molar-refractivity contribution < 1.29 is 23.5 Å². The number of nitriles is 1. The van der Waals surface area contributed by atoms with Crippen molar-refractivity contribution >= 4 is 35.0 Å². The second-order valence-electron chi connectivity index (χ2n) is 13.3. The molecule has 2 aliphatic heterocycles. The predicted octanol–water partition coefficient (Wildman–Crippen LogP) is 5.72. The van der Waals surface area contributed by atoms with Crippen LogP contribution in [0.4, 0.5) is 8.78 Å². The van der Waals surface area contributed by atoms with Crippen LogP contribution in [0.3, 0.4) is 0 Å². The van der Waals surface area contributed by atoms with E-state index in [2.05, 4.69) is 16.7 Å². The number of nitrogens with one attached hydrogen (secondary N) is 2. The normalized spacial score (nSPS) is 25.0. The van der Waals surface area contributed by atoms with E-state index >= 15 is 8.78 Å². The molecule has 2 amide bonds. The highest BCUT2D eigenvalue weighted by Gasteiger charge is 2.61. The van der Waals surface area contributed by atoms with Crippen molar-refractivity contribution in [2.45, 2.75) is 82.9 Å². The van der Waals surface area contributed by atoms with Crippen LogP contribution in [0.2, 0.25) is 10.0 Å². The minimum atomic E-state index is -1.69. The number of nitrogens with zero attached hydrogens (tertiary/aromatic N) is 2. The Kier molecular flexibility index (Phi) is 10.6. The van der Waals surface area contributed by atoms with Gasteiger partial charge in [0.2, 0.25) is 11.8 Å². The standard InChI is InChI=1S/C33H40Cl2F2N4O3/c1-19(42)17-39-27(43)14-20-10-12-41(13-11-20)31(44)30-28(22-6-5-7-24(35)29(22)37)33(18-38,26(40-30)16-32(2,3)4)23-9-8-21(34)15-25(23)36/h5-9,15,19-20,26,28,30,40,42H,10-14,16-17H2,1-4H3,(H,39,43)/t19?,26-,28?,30+,33-/m0/s1. The fourth-order valence-electron chi connectivity index (χ4n) is 6.69. The minimum Gasteiger partial charge on any atom is -0.392 e. The van der Waals surface area contributed by atoms with E-state index in [4.69, 9.17) is 23.2 Å². The predicted molar refractivity (Wildman–Crippen MR) is 166 cm³/mol. The lowest BCUT2D eigenvalue weighted by atomic mass is 9.62. The van der Waals surface area contributed by atoms with Gasteiger partial charge in [0.15, 0.2) is 0 Å². The molecular weight excluding hydrogens is 609 g/mol. The zero-order valence-corrected chi connectivity index (χ0v) is 27.0. The lowest BCUT2D eigenvalue weighted by molar-refractivity contribution is -0.135. The number of halogens is 4. The number of carbonyl (C=O) groups is 2. The molecule has 2 aliphatic rings. The van der Waals surface area contributed by atoms with E-state index in [1.807, 2.05) is 20.8 Å². The molecular formula is C33H40Cl2F2N4O3. The van der Waals surface area contributed by atoms with Crippen LogP contribution in [-0.4, -0.2) is 59.6 Å². The third kappa shape index (κ3) is 7.20. The largest absolute Gasteiger partial charge is 0.392 e. The Balaban J connectivity index is 1.74. The first-order valence-corrected chi connectivity index (χ1v) is 15.7. The van der Waals surface area contributed by atoms with Gasteiger partial charge >= 0.3 is 0 Å². The number of aliphatic hydroxyl groups excluding tert-OH is 1. The number of amides is 2. The lowest BCUT2D eigenvalue weighted by Gasteiger charge is -2.38. The summed E-state index contributed by atoms with van der Waals surface area (Å²) >= 11 is 12.3. The number of aliphatic hydroxyl groups is 1. The summed E-state index contributed by atoms with van der Waals surface area (Å²) in [5.74, 6) is -3.01. The monoisotopic (exact) mass is 648 g/mol. The number of likely N-dealkylation sites (tertiary alicyclic amines) is 1. The summed E-state index contributed by atoms with van der Waals surface area (Å²) in [6.07, 6.45) is 1.19. The van der Waals surface area contributed by atoms with Gasteiger partial charge in [-0.05, 0) is 61.3 Å². The maximum absolute atomic E-state index is 15.9. The first kappa shape index (κ1) is 34.1. The average Bonchev–Trinajstić information content (AvgIpc) is 3.26. The molecule has 11 heteroatoms. The summed E-state index contributed by atoms with van der Waals surface area (Å²) in [4.78, 5) is 28.3. The Bertz CT molecular complexity index is 1420. The second-order valence-corrected chi connectivity index (χ2v) is 14.2. The van der Waals surface area contributed by atoms with E-state index < -0.39 is 41.2 Å². The van der Waals surface area contributed by atoms with Crippen LogP contribution in [0.15, 0.2) is 36.4 Å². The molecule has 3 N–H and O–H groups in total. The maximum atomic E-state index is 15.9. The zero-order chi connectivity index (χ0) is 32.4. The average molecular weight is 650 g/mol. The summed E-state index contributed by atoms with van der Waals surface area (Å²) < 4.78 is 31.7. The highest BCUT2D eigenvalue weighted by molar-refractivity contribution is 6.31. The van der Waals surface area contributed by atoms with E-state index in [0.717, 1.165) is 6.07 Å². The smallest absolute Gasteiger partial charge is 0.240 e. The first-order valence-electron chi connectivity index (χ1n) is 15.0. The van der Waals surface area contributed by atoms with Crippen LogP contribution < -0.4 is 10.6 Å². The number of hydrogen-bond donors (Lipinski definition) is 3. The third-order valence-corrected chi connectivity index (χ3v) is 9.24. The molecule has 2 heterocycles. The van der Waals surface area contributed by atoms with Crippen molar-refractivity contribution in [1.29, 1.82) is 5.26 Å². The molecule has 4 rings (SSSR count). The summed E-state index contributed by atoms with van der Waals surface area (Å²) in [6, 6.07) is 9.13. The van der Waals surface area contributed by atoms with Crippen molar-refractivity contribution in [3.63, 3.8) is 0 Å². The number of piperidine rings is 1. The number of rotatable bonds is 8. The Labute approximate surface area is 267 Å². The molecule has 2 aromatic carbocycles. The molecule has 2 aromatic rings. The van der Waals surface area contributed by atoms with E-state index in [1.54, 1.807) is 17.9 Å². The van der Waals surface area contributed by atoms with E-state index in [9.17, 15) is 20.0 Å². The van der Waals surface area contributed by atoms with Crippen molar-refractivity contribution in [3.8, 4) is 6.07 Å². The lowest BCUT2D eigenvalue weighted by Crippen LogP contribution is -2.50. The van der Waals surface area contributed by atoms with Crippen molar-refractivity contribution in [2.75, 3.05) is 19.6 Å². The van der Waals surface area contributed by atoms with Gasteiger partial charge in [0.1, 0.15) is 17.0 Å². The number of benzene rings is 2. The molecule has 0 aromatic heterocycles. The molecule has 0 radical (unpaired) electrons. The van der Waals surface area contributed by atoms with E-state index in [1.165, 1.54) is 24.3 Å². The molecule has 2 fully saturated rings. The Hall–Kier alpha value is -2.77. The van der Waals surface area contributed by atoms with Gasteiger partial charge < -0.3 is 20.6 Å². The number of hydrogen-bond acceptors (Lipinski definition) is 5. The van der Waals surface area contributed by atoms with Crippen molar-refractivity contribution in [3.05, 3.63) is 69.2 Å². The molecule has 44 heavy (non-hydrogen) atoms. The van der Waals surface area contributed by atoms with E-state index in [0.29, 0.717) is 32.4 Å². The van der Waals surface area contributed by atoms with Crippen LogP contribution >= 0.6 is 23.2 Å². The van der Waals surface area contributed by atoms with Gasteiger partial charge in [-0.2, -0.15) is 5.26 Å². The second kappa shape index (κ2) is 13.7. The summed E-state index contributed by atoms with van der Waals surface area (Å²) in [6.45, 7) is 8.47. The molecule has 0 spiro atoms. The van der Waals surface area contributed by atoms with Gasteiger partial charge in [-0.1, -0.05) is 62.2 Å². The van der Waals surface area contributed by atoms with Gasteiger partial charge in [0, 0.05) is 48.6 Å². The van der Waals surface area contributed by atoms with Gasteiger partial charge in [-0.15, -0.1) is 0 Å². The molecule has 5 atom stereocenters. The summed E-state index contributed by atoms with van der Waals surface area (Å²) in [5, 5.41) is 26.5. The summed E-state index contributed by atoms with van der Waals surface area (Å²) in [7, 11) is 0. The quantitative estimate of drug-likeness (QED) is 0.340. The Morgan fingerprint density at radius 2 is 1.89 bits per heavy atom. The topological polar surface area (TPSA) is 105 Å². The van der Waals surface area contributed by atoms with Crippen molar-refractivity contribution in [2.24, 2.45) is 11.3 Å². The SMILES string of the molecule is CC(O)CNC(=O)CC1CCN(C(=O)[C@@H]2N[C@@H](CC(C)(C)C)[C@](C#N)(c3ccc(Cl)cc3F)C2c2cccc(Cl)c2F)CC1. The van der Waals surface area contributed by atoms with E-state index in [-0.39, 0.29) is 57.3 Å². The van der Waals surface area contributed by atoms with Gasteiger partial charge in [0.25, 0.3) is 0 Å². The molecule has 7 nitrogen and oxygen atoms in total. The highest BCUT2D eigenvalue weighted by Crippen LogP contribution is 2.53. The molecule has 238 valence electrons. The first-order chi connectivity index (χ1) is 20.7. The van der Waals surface area contributed by atoms with Gasteiger partial charge in [-0.25, -0.2) is 8.78 Å². The van der Waals surface area contributed by atoms with Crippen LogP contribution in [0.25, 0.3) is 0 Å². The summed E-state index contributed by atoms with van der Waals surface area (Å²) in [5.41, 5.74) is -1.94. The van der Waals surface area contributed by atoms with Crippen LogP contribution in [0, 0.1) is 34.3 Å². The zero-order valence-electron chi connectivity index (χ0n) is 25.5. The third-order valence-electron chi connectivity index (χ3n) is 8.71. The minimum absolute atomic E-state index is 0.0349. The van der Waals surface area contributed by atoms with Crippen LogP contribution in [0.1, 0.15) is 70.4 Å². The Morgan fingerprint density at radius 3 is 2.48 bits per heavy atom. The van der Waals surface area contributed by atoms with Crippen LogP contribution in [-0.2, 0) is 15.0 Å². The van der Waals surface area contributed by atoms with Crippen LogP contribution in [0.5, 0.6) is 0 Å². The van der Waals surface area contributed by atoms with Gasteiger partial charge in [0.05, 0.1) is 23.2 Å². The molecule has 0 saturated carbocycles. The van der Waals surface area contributed by atoms with Crippen molar-refractivity contribution in [1.82, 2.24) is 15.5 Å². The fraction of sp³-hybridized carbons (Fsp3) is 0.545. The number of carbonyl (C=O) groups excluding carboxylic acids is 2. The van der Waals surface area contributed by atoms with Gasteiger partial charge in [-0.3, -0.25) is 9.59 Å². The molecule has 2 unspecified atom stereocenters. The molecule has 0 bridgehead atoms.